The molecule has 5 nitrogen and oxygen atoms in total. The number of anilines is 1. The topological polar surface area (TPSA) is 89.6 Å². The molecule has 1 aromatic carbocycles. The first kappa shape index (κ1) is 11.0. The largest absolute Gasteiger partial charge is 0.508 e. The molecule has 0 spiro atoms. The molecule has 1 saturated heterocycles. The summed E-state index contributed by atoms with van der Waals surface area (Å²) in [4.78, 5) is 20.0. The van der Waals surface area contributed by atoms with E-state index >= 15 is 0 Å². The summed E-state index contributed by atoms with van der Waals surface area (Å²) in [5.74, 6) is -0.583. The lowest BCUT2D eigenvalue weighted by molar-refractivity contribution is -0.151. The predicted octanol–water partition coefficient (Wildman–Crippen LogP) is 0.824. The standard InChI is InChI=1S/C6H7NO.C4H4O3/c7-5-2-1-3-6(8)4-5;5-3-1-2-4(6)7-3/h1-4,8H,7H2;1-2H2. The van der Waals surface area contributed by atoms with Gasteiger partial charge in [0.2, 0.25) is 0 Å². The summed E-state index contributed by atoms with van der Waals surface area (Å²) in [6.45, 7) is 0. The van der Waals surface area contributed by atoms with Crippen LogP contribution in [0.2, 0.25) is 0 Å². The number of benzene rings is 1. The van der Waals surface area contributed by atoms with Crippen LogP contribution in [0.3, 0.4) is 0 Å². The van der Waals surface area contributed by atoms with Crippen molar-refractivity contribution >= 4 is 17.6 Å². The van der Waals surface area contributed by atoms with Crippen LogP contribution in [0.5, 0.6) is 5.75 Å². The van der Waals surface area contributed by atoms with Gasteiger partial charge in [0.25, 0.3) is 0 Å². The van der Waals surface area contributed by atoms with Crippen molar-refractivity contribution in [2.45, 2.75) is 12.8 Å². The van der Waals surface area contributed by atoms with Gasteiger partial charge in [0.15, 0.2) is 0 Å². The second kappa shape index (κ2) is 4.99. The molecule has 5 heteroatoms. The summed E-state index contributed by atoms with van der Waals surface area (Å²) in [5.41, 5.74) is 5.89. The van der Waals surface area contributed by atoms with Gasteiger partial charge in [-0.25, -0.2) is 0 Å². The number of ether oxygens (including phenoxy) is 1. The van der Waals surface area contributed by atoms with E-state index < -0.39 is 11.9 Å². The first-order chi connectivity index (χ1) is 7.08. The second-order valence-electron chi connectivity index (χ2n) is 2.94. The molecule has 1 aromatic rings. The minimum atomic E-state index is -0.398. The van der Waals surface area contributed by atoms with Gasteiger partial charge in [-0.15, -0.1) is 0 Å². The van der Waals surface area contributed by atoms with Crippen LogP contribution in [-0.4, -0.2) is 17.0 Å². The molecule has 15 heavy (non-hydrogen) atoms. The number of carbonyl (C=O) groups excluding carboxylic acids is 2. The van der Waals surface area contributed by atoms with Crippen molar-refractivity contribution in [1.29, 1.82) is 0 Å². The van der Waals surface area contributed by atoms with Gasteiger partial charge in [0.1, 0.15) is 5.75 Å². The average molecular weight is 209 g/mol. The number of rotatable bonds is 0. The van der Waals surface area contributed by atoms with E-state index in [0.717, 1.165) is 0 Å². The molecule has 0 amide bonds. The van der Waals surface area contributed by atoms with Crippen LogP contribution in [0.4, 0.5) is 5.69 Å². The number of nitrogens with two attached hydrogens (primary N) is 1. The van der Waals surface area contributed by atoms with Crippen LogP contribution in [0, 0.1) is 0 Å². The zero-order valence-electron chi connectivity index (χ0n) is 7.97. The Kier molecular flexibility index (Phi) is 3.68. The highest BCUT2D eigenvalue weighted by molar-refractivity contribution is 5.92. The molecule has 0 radical (unpaired) electrons. The maximum atomic E-state index is 10.0. The summed E-state index contributed by atoms with van der Waals surface area (Å²) >= 11 is 0. The summed E-state index contributed by atoms with van der Waals surface area (Å²) in [6.07, 6.45) is 0.525. The lowest BCUT2D eigenvalue weighted by Gasteiger charge is -1.90. The highest BCUT2D eigenvalue weighted by atomic mass is 16.6. The zero-order chi connectivity index (χ0) is 11.3. The Balaban J connectivity index is 0.000000151. The summed E-state index contributed by atoms with van der Waals surface area (Å²) in [5, 5.41) is 8.73. The van der Waals surface area contributed by atoms with Crippen molar-refractivity contribution in [3.05, 3.63) is 24.3 Å². The number of hydrogen-bond acceptors (Lipinski definition) is 5. The Hall–Kier alpha value is -2.04. The lowest BCUT2D eigenvalue weighted by atomic mass is 10.3. The maximum Gasteiger partial charge on any atom is 0.314 e. The van der Waals surface area contributed by atoms with Gasteiger partial charge in [-0.3, -0.25) is 9.59 Å². The van der Waals surface area contributed by atoms with Crippen LogP contribution < -0.4 is 5.73 Å². The number of phenols is 1. The molecule has 2 rings (SSSR count). The van der Waals surface area contributed by atoms with Gasteiger partial charge >= 0.3 is 11.9 Å². The van der Waals surface area contributed by atoms with E-state index in [1.54, 1.807) is 18.2 Å². The molecule has 0 atom stereocenters. The normalized spacial score (nSPS) is 14.1. The SMILES string of the molecule is Nc1cccc(O)c1.O=C1CCC(=O)O1. The Morgan fingerprint density at radius 1 is 1.20 bits per heavy atom. The van der Waals surface area contributed by atoms with Crippen LogP contribution in [-0.2, 0) is 14.3 Å². The Labute approximate surface area is 86.5 Å². The third-order valence-corrected chi connectivity index (χ3v) is 1.63. The third-order valence-electron chi connectivity index (χ3n) is 1.63. The maximum absolute atomic E-state index is 10.0. The van der Waals surface area contributed by atoms with Crippen LogP contribution in [0.25, 0.3) is 0 Å². The van der Waals surface area contributed by atoms with E-state index in [0.29, 0.717) is 5.69 Å². The minimum absolute atomic E-state index is 0.213. The number of phenolic OH excluding ortho intramolecular Hbond substituents is 1. The molecule has 1 heterocycles. The van der Waals surface area contributed by atoms with Gasteiger partial charge < -0.3 is 15.6 Å². The fourth-order valence-corrected chi connectivity index (χ4v) is 0.958. The van der Waals surface area contributed by atoms with Crippen LogP contribution >= 0.6 is 0 Å². The van der Waals surface area contributed by atoms with E-state index in [1.807, 2.05) is 0 Å². The fraction of sp³-hybridized carbons (Fsp3) is 0.200. The highest BCUT2D eigenvalue weighted by Gasteiger charge is 2.19. The molecule has 0 bridgehead atoms. The number of cyclic esters (lactones) is 2. The van der Waals surface area contributed by atoms with Gasteiger partial charge in [-0.05, 0) is 12.1 Å². The molecular weight excluding hydrogens is 198 g/mol. The quantitative estimate of drug-likeness (QED) is 0.375. The lowest BCUT2D eigenvalue weighted by Crippen LogP contribution is -1.94. The molecule has 1 aliphatic rings. The van der Waals surface area contributed by atoms with Crippen LogP contribution in [0.15, 0.2) is 24.3 Å². The summed E-state index contributed by atoms with van der Waals surface area (Å²) in [7, 11) is 0. The average Bonchev–Trinajstić information content (AvgIpc) is 2.50. The predicted molar refractivity (Wildman–Crippen MR) is 52.9 cm³/mol. The second-order valence-corrected chi connectivity index (χ2v) is 2.94. The van der Waals surface area contributed by atoms with Crippen molar-refractivity contribution in [3.8, 4) is 5.75 Å². The summed E-state index contributed by atoms with van der Waals surface area (Å²) < 4.78 is 4.08. The highest BCUT2D eigenvalue weighted by Crippen LogP contribution is 2.10. The van der Waals surface area contributed by atoms with Crippen molar-refractivity contribution in [2.24, 2.45) is 0 Å². The van der Waals surface area contributed by atoms with Gasteiger partial charge in [-0.1, -0.05) is 6.07 Å². The Morgan fingerprint density at radius 2 is 1.80 bits per heavy atom. The van der Waals surface area contributed by atoms with Crippen molar-refractivity contribution in [2.75, 3.05) is 5.73 Å². The molecule has 3 N–H and O–H groups in total. The van der Waals surface area contributed by atoms with E-state index in [9.17, 15) is 9.59 Å². The van der Waals surface area contributed by atoms with Gasteiger partial charge in [-0.2, -0.15) is 0 Å². The number of nitrogen functional groups attached to an aromatic ring is 1. The number of aromatic hydroxyl groups is 1. The number of hydrogen-bond donors (Lipinski definition) is 2. The molecule has 0 saturated carbocycles. The molecule has 0 aliphatic carbocycles. The van der Waals surface area contributed by atoms with Crippen molar-refractivity contribution in [3.63, 3.8) is 0 Å². The zero-order valence-corrected chi connectivity index (χ0v) is 7.97. The third kappa shape index (κ3) is 4.12. The summed E-state index contributed by atoms with van der Waals surface area (Å²) in [6, 6.07) is 6.50. The number of esters is 2. The van der Waals surface area contributed by atoms with Crippen molar-refractivity contribution < 1.29 is 19.4 Å². The minimum Gasteiger partial charge on any atom is -0.508 e. The fourth-order valence-electron chi connectivity index (χ4n) is 0.958. The van der Waals surface area contributed by atoms with Gasteiger partial charge in [0, 0.05) is 11.8 Å². The smallest absolute Gasteiger partial charge is 0.314 e. The molecule has 0 unspecified atom stereocenters. The van der Waals surface area contributed by atoms with Gasteiger partial charge in [0.05, 0.1) is 12.8 Å². The first-order valence-electron chi connectivity index (χ1n) is 4.36. The molecule has 80 valence electrons. The van der Waals surface area contributed by atoms with E-state index in [2.05, 4.69) is 4.74 Å². The Morgan fingerprint density at radius 3 is 2.07 bits per heavy atom. The van der Waals surface area contributed by atoms with Crippen LogP contribution in [0.1, 0.15) is 12.8 Å². The molecule has 0 aromatic heterocycles. The molecule has 1 fully saturated rings. The van der Waals surface area contributed by atoms with E-state index in [4.69, 9.17) is 10.8 Å². The van der Waals surface area contributed by atoms with Crippen molar-refractivity contribution in [1.82, 2.24) is 0 Å². The van der Waals surface area contributed by atoms with E-state index in [-0.39, 0.29) is 18.6 Å². The van der Waals surface area contributed by atoms with E-state index in [1.165, 1.54) is 6.07 Å². The first-order valence-corrected chi connectivity index (χ1v) is 4.36. The Bertz CT molecular complexity index is 344. The molecule has 1 aliphatic heterocycles. The monoisotopic (exact) mass is 209 g/mol. The number of carbonyl (C=O) groups is 2. The molecular formula is C10H11NO4.